The molecule has 0 fully saturated rings. The fourth-order valence-electron chi connectivity index (χ4n) is 2.40. The average molecular weight is 248 g/mol. The normalized spacial score (nSPS) is 21.8. The molecule has 4 heteroatoms. The molecule has 1 unspecified atom stereocenters. The molecule has 0 bridgehead atoms. The molecule has 2 aromatic rings. The van der Waals surface area contributed by atoms with Crippen molar-refractivity contribution in [2.45, 2.75) is 5.54 Å². The Morgan fingerprint density at radius 1 is 1.05 bits per heavy atom. The van der Waals surface area contributed by atoms with Gasteiger partial charge in [0.05, 0.1) is 0 Å². The summed E-state index contributed by atoms with van der Waals surface area (Å²) in [5, 5.41) is 0. The number of ether oxygens (including phenoxy) is 1. The van der Waals surface area contributed by atoms with Crippen molar-refractivity contribution >= 4 is 19.3 Å². The fourth-order valence-corrected chi connectivity index (χ4v) is 2.40. The molecule has 1 atom stereocenters. The lowest BCUT2D eigenvalue weighted by atomic mass is 9.81. The van der Waals surface area contributed by atoms with E-state index in [0.29, 0.717) is 12.1 Å². The van der Waals surface area contributed by atoms with Crippen LogP contribution in [0.4, 0.5) is 0 Å². The number of hydrogen-bond acceptors (Lipinski definition) is 3. The van der Waals surface area contributed by atoms with Crippen molar-refractivity contribution < 1.29 is 4.74 Å². The molecule has 19 heavy (non-hydrogen) atoms. The third-order valence-corrected chi connectivity index (χ3v) is 3.35. The summed E-state index contributed by atoms with van der Waals surface area (Å²) in [5.41, 5.74) is 7.85. The van der Waals surface area contributed by atoms with Crippen LogP contribution in [0.5, 0.6) is 0 Å². The van der Waals surface area contributed by atoms with E-state index in [-0.39, 0.29) is 6.02 Å². The van der Waals surface area contributed by atoms with Crippen LogP contribution in [-0.2, 0) is 10.3 Å². The van der Waals surface area contributed by atoms with Crippen LogP contribution >= 0.6 is 0 Å². The fraction of sp³-hybridized carbons (Fsp3) is 0.133. The molecule has 3 rings (SSSR count). The van der Waals surface area contributed by atoms with E-state index in [9.17, 15) is 0 Å². The van der Waals surface area contributed by atoms with Crippen LogP contribution in [0.2, 0.25) is 0 Å². The molecule has 92 valence electrons. The highest BCUT2D eigenvalue weighted by Gasteiger charge is 2.39. The van der Waals surface area contributed by atoms with E-state index in [1.54, 1.807) is 0 Å². The average Bonchev–Trinajstić information content (AvgIpc) is 2.83. The molecule has 0 saturated carbocycles. The van der Waals surface area contributed by atoms with E-state index in [1.165, 1.54) is 0 Å². The number of nitrogens with zero attached hydrogens (tertiary/aromatic N) is 1. The molecular formula is C15H13BN2O. The molecule has 2 aromatic carbocycles. The summed E-state index contributed by atoms with van der Waals surface area (Å²) in [5.74, 6) is 0. The standard InChI is InChI=1S/C15H13BN2O/c16-13-8-4-7-12(9-13)15(10-19-14(17)18-15)11-5-2-1-3-6-11/h1-9H,10H2,(H2,17,18). The maximum Gasteiger partial charge on any atom is 0.283 e. The number of nitrogens with two attached hydrogens (primary N) is 1. The second-order valence-corrected chi connectivity index (χ2v) is 4.59. The Kier molecular flexibility index (Phi) is 2.78. The zero-order valence-electron chi connectivity index (χ0n) is 10.4. The number of aliphatic imine (C=N–C) groups is 1. The highest BCUT2D eigenvalue weighted by molar-refractivity contribution is 6.32. The second kappa shape index (κ2) is 4.46. The molecule has 0 amide bonds. The summed E-state index contributed by atoms with van der Waals surface area (Å²) in [6.07, 6.45) is 0. The van der Waals surface area contributed by atoms with Crippen LogP contribution in [0.15, 0.2) is 59.6 Å². The third kappa shape index (κ3) is 1.99. The maximum atomic E-state index is 5.88. The Labute approximate surface area is 113 Å². The van der Waals surface area contributed by atoms with Crippen LogP contribution < -0.4 is 11.2 Å². The quantitative estimate of drug-likeness (QED) is 0.808. The molecule has 2 radical (unpaired) electrons. The lowest BCUT2D eigenvalue weighted by molar-refractivity contribution is 0.278. The van der Waals surface area contributed by atoms with Crippen LogP contribution in [0.1, 0.15) is 11.1 Å². The zero-order chi connectivity index (χ0) is 13.3. The SMILES string of the molecule is [B]c1cccc(C2(c3ccccc3)COC(N)=N2)c1. The van der Waals surface area contributed by atoms with Crippen molar-refractivity contribution in [2.24, 2.45) is 10.7 Å². The predicted octanol–water partition coefficient (Wildman–Crippen LogP) is 1.07. The van der Waals surface area contributed by atoms with Crippen molar-refractivity contribution in [3.63, 3.8) is 0 Å². The molecule has 0 aliphatic carbocycles. The summed E-state index contributed by atoms with van der Waals surface area (Å²) in [4.78, 5) is 4.52. The number of amidine groups is 1. The van der Waals surface area contributed by atoms with Crippen molar-refractivity contribution in [1.82, 2.24) is 0 Å². The summed E-state index contributed by atoms with van der Waals surface area (Å²) >= 11 is 0. The molecule has 0 aromatic heterocycles. The molecular weight excluding hydrogens is 235 g/mol. The third-order valence-electron chi connectivity index (χ3n) is 3.35. The van der Waals surface area contributed by atoms with Crippen molar-refractivity contribution in [3.8, 4) is 0 Å². The van der Waals surface area contributed by atoms with Crippen LogP contribution in [0, 0.1) is 0 Å². The van der Waals surface area contributed by atoms with E-state index in [1.807, 2.05) is 54.6 Å². The number of hydrogen-bond donors (Lipinski definition) is 1. The zero-order valence-corrected chi connectivity index (χ0v) is 10.4. The topological polar surface area (TPSA) is 47.6 Å². The largest absolute Gasteiger partial charge is 0.462 e. The van der Waals surface area contributed by atoms with E-state index in [2.05, 4.69) is 4.99 Å². The van der Waals surface area contributed by atoms with Crippen molar-refractivity contribution in [3.05, 3.63) is 65.7 Å². The van der Waals surface area contributed by atoms with Gasteiger partial charge in [-0.25, -0.2) is 4.99 Å². The molecule has 0 spiro atoms. The van der Waals surface area contributed by atoms with Gasteiger partial charge in [-0.3, -0.25) is 0 Å². The Morgan fingerprint density at radius 2 is 1.79 bits per heavy atom. The van der Waals surface area contributed by atoms with Gasteiger partial charge in [0.1, 0.15) is 20.0 Å². The minimum Gasteiger partial charge on any atom is -0.462 e. The first-order chi connectivity index (χ1) is 9.21. The van der Waals surface area contributed by atoms with Gasteiger partial charge in [-0.15, -0.1) is 0 Å². The molecule has 1 aliphatic heterocycles. The van der Waals surface area contributed by atoms with Crippen molar-refractivity contribution in [2.75, 3.05) is 6.61 Å². The molecule has 1 aliphatic rings. The van der Waals surface area contributed by atoms with Gasteiger partial charge < -0.3 is 10.5 Å². The van der Waals surface area contributed by atoms with Gasteiger partial charge in [0.2, 0.25) is 0 Å². The highest BCUT2D eigenvalue weighted by Crippen LogP contribution is 2.36. The van der Waals surface area contributed by atoms with Gasteiger partial charge in [-0.1, -0.05) is 60.1 Å². The number of rotatable bonds is 2. The first-order valence-electron chi connectivity index (χ1n) is 6.10. The van der Waals surface area contributed by atoms with Crippen LogP contribution in [0.3, 0.4) is 0 Å². The predicted molar refractivity (Wildman–Crippen MR) is 76.6 cm³/mol. The van der Waals surface area contributed by atoms with Gasteiger partial charge in [0.25, 0.3) is 6.02 Å². The first kappa shape index (κ1) is 11.8. The summed E-state index contributed by atoms with van der Waals surface area (Å²) in [6, 6.07) is 17.9. The lowest BCUT2D eigenvalue weighted by Crippen LogP contribution is -2.28. The van der Waals surface area contributed by atoms with Gasteiger partial charge >= 0.3 is 0 Å². The summed E-state index contributed by atoms with van der Waals surface area (Å²) in [6.45, 7) is 0.395. The first-order valence-corrected chi connectivity index (χ1v) is 6.10. The van der Waals surface area contributed by atoms with Crippen LogP contribution in [0.25, 0.3) is 0 Å². The molecule has 0 saturated heterocycles. The van der Waals surface area contributed by atoms with E-state index in [4.69, 9.17) is 18.3 Å². The number of benzene rings is 2. The summed E-state index contributed by atoms with van der Waals surface area (Å²) < 4.78 is 5.40. The molecule has 2 N–H and O–H groups in total. The minimum absolute atomic E-state index is 0.214. The monoisotopic (exact) mass is 248 g/mol. The summed E-state index contributed by atoms with van der Waals surface area (Å²) in [7, 11) is 5.88. The van der Waals surface area contributed by atoms with Gasteiger partial charge in [0.15, 0.2) is 0 Å². The van der Waals surface area contributed by atoms with E-state index < -0.39 is 5.54 Å². The Morgan fingerprint density at radius 3 is 2.42 bits per heavy atom. The second-order valence-electron chi connectivity index (χ2n) is 4.59. The molecule has 1 heterocycles. The van der Waals surface area contributed by atoms with Crippen LogP contribution in [-0.4, -0.2) is 20.5 Å². The van der Waals surface area contributed by atoms with Crippen molar-refractivity contribution in [1.29, 1.82) is 0 Å². The minimum atomic E-state index is -0.597. The van der Waals surface area contributed by atoms with Gasteiger partial charge in [-0.05, 0) is 11.1 Å². The Hall–Kier alpha value is -2.23. The molecule has 3 nitrogen and oxygen atoms in total. The maximum absolute atomic E-state index is 5.88. The lowest BCUT2D eigenvalue weighted by Gasteiger charge is -2.25. The van der Waals surface area contributed by atoms with E-state index >= 15 is 0 Å². The van der Waals surface area contributed by atoms with Gasteiger partial charge in [-0.2, -0.15) is 0 Å². The smallest absolute Gasteiger partial charge is 0.283 e. The highest BCUT2D eigenvalue weighted by atomic mass is 16.5. The Bertz CT molecular complexity index is 627. The van der Waals surface area contributed by atoms with Gasteiger partial charge in [0, 0.05) is 0 Å². The van der Waals surface area contributed by atoms with E-state index in [0.717, 1.165) is 11.1 Å². The Balaban J connectivity index is 2.19.